The zero-order valence-electron chi connectivity index (χ0n) is 23.2. The predicted molar refractivity (Wildman–Crippen MR) is 148 cm³/mol. The molecule has 0 unspecified atom stereocenters. The number of imidazole rings is 1. The van der Waals surface area contributed by atoms with Gasteiger partial charge >= 0.3 is 7.60 Å². The molecule has 1 aromatic carbocycles. The molecule has 4 heterocycles. The summed E-state index contributed by atoms with van der Waals surface area (Å²) in [7, 11) is -3.37. The first-order chi connectivity index (χ1) is 19.1. The van der Waals surface area contributed by atoms with Gasteiger partial charge in [0.15, 0.2) is 29.0 Å². The second-order valence-corrected chi connectivity index (χ2v) is 12.4. The van der Waals surface area contributed by atoms with Crippen LogP contribution in [0.2, 0.25) is 5.28 Å². The van der Waals surface area contributed by atoms with Gasteiger partial charge in [-0.15, -0.1) is 0 Å². The summed E-state index contributed by atoms with van der Waals surface area (Å²) in [5.74, 6) is -0.339. The molecular formula is C26H35ClN5O7P. The maximum absolute atomic E-state index is 12.8. The Kier molecular flexibility index (Phi) is 8.80. The Labute approximate surface area is 238 Å². The van der Waals surface area contributed by atoms with Gasteiger partial charge in [0.1, 0.15) is 24.7 Å². The van der Waals surface area contributed by atoms with E-state index >= 15 is 0 Å². The highest BCUT2D eigenvalue weighted by molar-refractivity contribution is 7.53. The van der Waals surface area contributed by atoms with Crippen LogP contribution in [0.5, 0.6) is 0 Å². The summed E-state index contributed by atoms with van der Waals surface area (Å²) in [6.45, 7) is 9.81. The lowest BCUT2D eigenvalue weighted by Crippen LogP contribution is -2.33. The van der Waals surface area contributed by atoms with Crippen molar-refractivity contribution >= 4 is 36.2 Å². The number of hydrogen-bond acceptors (Lipinski definition) is 11. The maximum atomic E-state index is 12.8. The lowest BCUT2D eigenvalue weighted by Gasteiger charge is -2.25. The average molecular weight is 596 g/mol. The molecule has 2 aliphatic rings. The molecule has 0 aliphatic carbocycles. The van der Waals surface area contributed by atoms with Crippen LogP contribution < -0.4 is 5.32 Å². The van der Waals surface area contributed by atoms with Crippen LogP contribution >= 0.6 is 19.2 Å². The lowest BCUT2D eigenvalue weighted by atomic mass is 10.1. The van der Waals surface area contributed by atoms with Crippen molar-refractivity contribution in [2.24, 2.45) is 0 Å². The molecular weight excluding hydrogens is 561 g/mol. The standard InChI is InChI=1S/C26H35ClN5O7P/c1-6-35-40(33,36-7-2)15-34-13-18-20-21(39-26(4,5)38-20)24(37-18)32-14-28-19-22(30-25(27)31-23(19)32)29-16(3)17-11-9-8-10-12-17/h8-12,14,16,18,20-21,24H,6-7,13,15H2,1-5H3,(H,29,30,31)/t16-,18-,20-,21-,24-/m1/s1. The van der Waals surface area contributed by atoms with Crippen LogP contribution in [0.15, 0.2) is 36.7 Å². The average Bonchev–Trinajstić information content (AvgIpc) is 3.56. The van der Waals surface area contributed by atoms with Crippen molar-refractivity contribution in [2.45, 2.75) is 71.0 Å². The number of aromatic nitrogens is 4. The molecule has 218 valence electrons. The molecule has 14 heteroatoms. The van der Waals surface area contributed by atoms with E-state index in [2.05, 4.69) is 20.3 Å². The van der Waals surface area contributed by atoms with Crippen LogP contribution in [0.4, 0.5) is 5.82 Å². The Balaban J connectivity index is 1.38. The molecule has 2 aliphatic heterocycles. The van der Waals surface area contributed by atoms with Gasteiger partial charge in [-0.3, -0.25) is 9.13 Å². The molecule has 40 heavy (non-hydrogen) atoms. The zero-order valence-corrected chi connectivity index (χ0v) is 24.8. The van der Waals surface area contributed by atoms with Crippen LogP contribution in [-0.2, 0) is 32.6 Å². The number of benzene rings is 1. The molecule has 5 rings (SSSR count). The molecule has 0 radical (unpaired) electrons. The van der Waals surface area contributed by atoms with Gasteiger partial charge in [0, 0.05) is 0 Å². The summed E-state index contributed by atoms with van der Waals surface area (Å²) in [6, 6.07) is 9.95. The maximum Gasteiger partial charge on any atom is 0.356 e. The summed E-state index contributed by atoms with van der Waals surface area (Å²) in [4.78, 5) is 13.5. The third-order valence-electron chi connectivity index (χ3n) is 6.63. The number of hydrogen-bond donors (Lipinski definition) is 1. The summed E-state index contributed by atoms with van der Waals surface area (Å²) >= 11 is 6.37. The largest absolute Gasteiger partial charge is 0.366 e. The molecule has 0 spiro atoms. The molecule has 0 amide bonds. The highest BCUT2D eigenvalue weighted by Gasteiger charge is 2.56. The van der Waals surface area contributed by atoms with Gasteiger partial charge in [0.05, 0.1) is 32.2 Å². The smallest absolute Gasteiger partial charge is 0.356 e. The number of nitrogens with zero attached hydrogens (tertiary/aromatic N) is 4. The van der Waals surface area contributed by atoms with Crippen LogP contribution in [0.3, 0.4) is 0 Å². The topological polar surface area (TPSA) is 128 Å². The minimum atomic E-state index is -3.37. The Hall–Kier alpha value is -2.15. The number of anilines is 1. The summed E-state index contributed by atoms with van der Waals surface area (Å²) in [5.41, 5.74) is 2.12. The first-order valence-electron chi connectivity index (χ1n) is 13.3. The second-order valence-electron chi connectivity index (χ2n) is 10.0. The van der Waals surface area contributed by atoms with Crippen molar-refractivity contribution in [2.75, 3.05) is 31.5 Å². The molecule has 12 nitrogen and oxygen atoms in total. The summed E-state index contributed by atoms with van der Waals surface area (Å²) in [5, 5.41) is 3.47. The highest BCUT2D eigenvalue weighted by Crippen LogP contribution is 2.49. The second kappa shape index (κ2) is 12.0. The fourth-order valence-electron chi connectivity index (χ4n) is 5.01. The molecule has 0 bridgehead atoms. The van der Waals surface area contributed by atoms with Gasteiger partial charge < -0.3 is 33.3 Å². The van der Waals surface area contributed by atoms with Gasteiger partial charge in [0.25, 0.3) is 0 Å². The van der Waals surface area contributed by atoms with Crippen LogP contribution in [0, 0.1) is 0 Å². The van der Waals surface area contributed by atoms with Gasteiger partial charge in [-0.25, -0.2) is 4.98 Å². The molecule has 2 aromatic heterocycles. The van der Waals surface area contributed by atoms with E-state index in [1.54, 1.807) is 24.7 Å². The number of fused-ring (bicyclic) bond motifs is 2. The fourth-order valence-corrected chi connectivity index (χ4v) is 6.51. The molecule has 2 saturated heterocycles. The van der Waals surface area contributed by atoms with Gasteiger partial charge in [-0.05, 0) is 51.8 Å². The number of rotatable bonds is 12. The summed E-state index contributed by atoms with van der Waals surface area (Å²) < 4.78 is 49.9. The third kappa shape index (κ3) is 6.19. The van der Waals surface area contributed by atoms with E-state index in [4.69, 9.17) is 39.6 Å². The number of nitrogens with one attached hydrogen (secondary N) is 1. The van der Waals surface area contributed by atoms with Crippen molar-refractivity contribution in [1.29, 1.82) is 0 Å². The SMILES string of the molecule is CCOP(=O)(COC[C@H]1O[C@@H](n2cnc3c(N[C@H](C)c4ccccc4)nc(Cl)nc32)[C@@H]2OC(C)(C)O[C@@H]21)OCC. The first kappa shape index (κ1) is 29.3. The number of halogens is 1. The van der Waals surface area contributed by atoms with Crippen molar-refractivity contribution in [1.82, 2.24) is 19.5 Å². The minimum Gasteiger partial charge on any atom is -0.366 e. The van der Waals surface area contributed by atoms with E-state index in [0.29, 0.717) is 17.0 Å². The molecule has 0 saturated carbocycles. The normalized spacial score (nSPS) is 24.9. The van der Waals surface area contributed by atoms with Crippen LogP contribution in [0.25, 0.3) is 11.2 Å². The zero-order chi connectivity index (χ0) is 28.5. The van der Waals surface area contributed by atoms with E-state index in [9.17, 15) is 4.57 Å². The van der Waals surface area contributed by atoms with E-state index in [-0.39, 0.29) is 37.5 Å². The number of ether oxygens (including phenoxy) is 4. The Morgan fingerprint density at radius 2 is 1.82 bits per heavy atom. The minimum absolute atomic E-state index is 0.0501. The van der Waals surface area contributed by atoms with Gasteiger partial charge in [0.2, 0.25) is 5.28 Å². The Morgan fingerprint density at radius 1 is 1.12 bits per heavy atom. The fraction of sp³-hybridized carbons (Fsp3) is 0.577. The summed E-state index contributed by atoms with van der Waals surface area (Å²) in [6.07, 6.45) is -0.678. The Morgan fingerprint density at radius 3 is 2.52 bits per heavy atom. The molecule has 5 atom stereocenters. The third-order valence-corrected chi connectivity index (χ3v) is 8.60. The van der Waals surface area contributed by atoms with Crippen molar-refractivity contribution in [3.05, 3.63) is 47.5 Å². The van der Waals surface area contributed by atoms with Crippen LogP contribution in [-0.4, -0.2) is 69.8 Å². The van der Waals surface area contributed by atoms with Crippen molar-refractivity contribution < 1.29 is 32.6 Å². The molecule has 2 fully saturated rings. The van der Waals surface area contributed by atoms with Crippen molar-refractivity contribution in [3.8, 4) is 0 Å². The first-order valence-corrected chi connectivity index (χ1v) is 15.4. The van der Waals surface area contributed by atoms with E-state index in [1.165, 1.54) is 0 Å². The quantitative estimate of drug-likeness (QED) is 0.216. The monoisotopic (exact) mass is 595 g/mol. The van der Waals surface area contributed by atoms with Crippen LogP contribution in [0.1, 0.15) is 52.5 Å². The van der Waals surface area contributed by atoms with Gasteiger partial charge in [-0.1, -0.05) is 30.3 Å². The molecule has 3 aromatic rings. The van der Waals surface area contributed by atoms with Crippen molar-refractivity contribution in [3.63, 3.8) is 0 Å². The Bertz CT molecular complexity index is 1350. The van der Waals surface area contributed by atoms with E-state index in [1.807, 2.05) is 51.1 Å². The lowest BCUT2D eigenvalue weighted by molar-refractivity contribution is -0.201. The molecule has 1 N–H and O–H groups in total. The highest BCUT2D eigenvalue weighted by atomic mass is 35.5. The van der Waals surface area contributed by atoms with Gasteiger partial charge in [-0.2, -0.15) is 9.97 Å². The predicted octanol–water partition coefficient (Wildman–Crippen LogP) is 5.31. The van der Waals surface area contributed by atoms with E-state index < -0.39 is 37.9 Å². The van der Waals surface area contributed by atoms with E-state index in [0.717, 1.165) is 5.56 Å².